The van der Waals surface area contributed by atoms with Crippen LogP contribution in [-0.2, 0) is 12.8 Å². The van der Waals surface area contributed by atoms with Gasteiger partial charge in [0, 0.05) is 11.1 Å². The van der Waals surface area contributed by atoms with Crippen LogP contribution in [0.25, 0.3) is 0 Å². The lowest BCUT2D eigenvalue weighted by atomic mass is 9.83. The molecule has 0 N–H and O–H groups in total. The first-order valence-corrected chi connectivity index (χ1v) is 8.76. The first-order valence-electron chi connectivity index (χ1n) is 8.76. The van der Waals surface area contributed by atoms with Gasteiger partial charge in [-0.05, 0) is 67.5 Å². The van der Waals surface area contributed by atoms with Crippen molar-refractivity contribution in [1.82, 2.24) is 0 Å². The summed E-state index contributed by atoms with van der Waals surface area (Å²) in [6.45, 7) is 2.00. The third-order valence-corrected chi connectivity index (χ3v) is 4.50. The quantitative estimate of drug-likeness (QED) is 0.349. The zero-order valence-electron chi connectivity index (χ0n) is 15.0. The molecule has 2 aromatic rings. The van der Waals surface area contributed by atoms with E-state index in [-0.39, 0.29) is 5.56 Å². The molecule has 1 unspecified atom stereocenters. The monoisotopic (exact) mass is 392 g/mol. The first kappa shape index (κ1) is 19.9. The van der Waals surface area contributed by atoms with Crippen LogP contribution in [0.15, 0.2) is 42.5 Å². The Labute approximate surface area is 159 Å². The lowest BCUT2D eigenvalue weighted by Crippen LogP contribution is -2.19. The Bertz CT molecular complexity index is 940. The topological polar surface area (TPSA) is 9.23 Å². The average molecular weight is 392 g/mol. The van der Waals surface area contributed by atoms with Crippen LogP contribution in [-0.4, -0.2) is 6.36 Å². The Morgan fingerprint density at radius 1 is 1.00 bits per heavy atom. The molecule has 0 saturated carbocycles. The molecule has 0 aliphatic heterocycles. The minimum atomic E-state index is -5.18. The van der Waals surface area contributed by atoms with E-state index in [1.807, 2.05) is 25.1 Å². The van der Waals surface area contributed by atoms with Gasteiger partial charge < -0.3 is 4.74 Å². The second kappa shape index (κ2) is 8.05. The van der Waals surface area contributed by atoms with Crippen molar-refractivity contribution in [2.75, 3.05) is 0 Å². The van der Waals surface area contributed by atoms with Crippen molar-refractivity contribution in [3.05, 3.63) is 76.4 Å². The maximum Gasteiger partial charge on any atom is 0.573 e. The maximum atomic E-state index is 13.8. The number of hydrogen-bond acceptors (Lipinski definition) is 1. The number of fused-ring (bicyclic) bond motifs is 1. The highest BCUT2D eigenvalue weighted by molar-refractivity contribution is 5.48. The number of allylic oxidation sites excluding steroid dienone is 2. The van der Waals surface area contributed by atoms with E-state index in [4.69, 9.17) is 0 Å². The van der Waals surface area contributed by atoms with E-state index in [9.17, 15) is 22.0 Å². The molecule has 28 heavy (non-hydrogen) atoms. The third-order valence-electron chi connectivity index (χ3n) is 4.50. The van der Waals surface area contributed by atoms with E-state index in [0.29, 0.717) is 11.5 Å². The fraction of sp³-hybridized carbons (Fsp3) is 0.273. The molecule has 2 aromatic carbocycles. The van der Waals surface area contributed by atoms with E-state index in [1.165, 1.54) is 11.1 Å². The third kappa shape index (κ3) is 4.92. The van der Waals surface area contributed by atoms with Crippen LogP contribution in [0.4, 0.5) is 22.0 Å². The van der Waals surface area contributed by atoms with Gasteiger partial charge in [0.1, 0.15) is 0 Å². The van der Waals surface area contributed by atoms with Crippen LogP contribution >= 0.6 is 0 Å². The van der Waals surface area contributed by atoms with Crippen molar-refractivity contribution in [3.8, 4) is 17.6 Å². The molecule has 0 amide bonds. The van der Waals surface area contributed by atoms with Gasteiger partial charge in [-0.2, -0.15) is 0 Å². The molecule has 0 radical (unpaired) electrons. The van der Waals surface area contributed by atoms with Crippen LogP contribution in [0, 0.1) is 29.4 Å². The van der Waals surface area contributed by atoms with Gasteiger partial charge in [-0.1, -0.05) is 30.1 Å². The van der Waals surface area contributed by atoms with Crippen molar-refractivity contribution in [3.63, 3.8) is 0 Å². The number of ether oxygens (including phenoxy) is 1. The zero-order chi connectivity index (χ0) is 20.3. The van der Waals surface area contributed by atoms with E-state index in [2.05, 4.69) is 28.7 Å². The van der Waals surface area contributed by atoms with Crippen molar-refractivity contribution in [2.24, 2.45) is 5.92 Å². The second-order valence-corrected chi connectivity index (χ2v) is 6.58. The Hall–Kier alpha value is -2.81. The maximum absolute atomic E-state index is 13.8. The lowest BCUT2D eigenvalue weighted by molar-refractivity contribution is -0.276. The van der Waals surface area contributed by atoms with Crippen LogP contribution in [0.3, 0.4) is 0 Å². The Morgan fingerprint density at radius 2 is 1.68 bits per heavy atom. The van der Waals surface area contributed by atoms with E-state index in [0.717, 1.165) is 31.4 Å². The molecule has 1 aliphatic carbocycles. The standard InChI is InChI=1S/C22H17F5O/c1-2-3-14-6-8-18-11-15(7-9-17(18)10-14)4-5-16-12-19(23)21(20(24)13-16)28-22(25,26)27/h2-3,7,9,11-14H,6,8,10H2,1H3/b3-2+. The predicted octanol–water partition coefficient (Wildman–Crippen LogP) is 5.94. The summed E-state index contributed by atoms with van der Waals surface area (Å²) in [6.07, 6.45) is 2.01. The molecule has 0 bridgehead atoms. The summed E-state index contributed by atoms with van der Waals surface area (Å²) in [5.41, 5.74) is 3.06. The highest BCUT2D eigenvalue weighted by Crippen LogP contribution is 2.29. The molecule has 0 heterocycles. The molecule has 1 aliphatic rings. The summed E-state index contributed by atoms with van der Waals surface area (Å²) in [4.78, 5) is 0. The highest BCUT2D eigenvalue weighted by atomic mass is 19.4. The molecular weight excluding hydrogens is 375 g/mol. The van der Waals surface area contributed by atoms with Gasteiger partial charge in [0.25, 0.3) is 0 Å². The number of aryl methyl sites for hydroxylation is 1. The Balaban J connectivity index is 1.81. The molecule has 0 saturated heterocycles. The molecule has 1 nitrogen and oxygen atoms in total. The van der Waals surface area contributed by atoms with Crippen molar-refractivity contribution >= 4 is 0 Å². The molecule has 0 fully saturated rings. The fourth-order valence-corrected chi connectivity index (χ4v) is 3.29. The van der Waals surface area contributed by atoms with Gasteiger partial charge in [0.2, 0.25) is 5.75 Å². The summed E-state index contributed by atoms with van der Waals surface area (Å²) < 4.78 is 67.4. The molecule has 0 aromatic heterocycles. The van der Waals surface area contributed by atoms with E-state index >= 15 is 0 Å². The smallest absolute Gasteiger partial charge is 0.399 e. The van der Waals surface area contributed by atoms with Gasteiger partial charge in [-0.25, -0.2) is 8.78 Å². The number of hydrogen-bond donors (Lipinski definition) is 0. The number of halogens is 5. The first-order chi connectivity index (χ1) is 13.2. The van der Waals surface area contributed by atoms with Crippen molar-refractivity contribution < 1.29 is 26.7 Å². The molecule has 0 spiro atoms. The SMILES string of the molecule is C/C=C/C1CCc2cc(C#Cc3cc(F)c(OC(F)(F)F)c(F)c3)ccc2C1. The summed E-state index contributed by atoms with van der Waals surface area (Å²) in [7, 11) is 0. The van der Waals surface area contributed by atoms with Crippen LogP contribution in [0.1, 0.15) is 35.6 Å². The van der Waals surface area contributed by atoms with E-state index < -0.39 is 23.7 Å². The van der Waals surface area contributed by atoms with Gasteiger partial charge in [0.05, 0.1) is 0 Å². The van der Waals surface area contributed by atoms with Crippen molar-refractivity contribution in [1.29, 1.82) is 0 Å². The number of rotatable bonds is 2. The Morgan fingerprint density at radius 3 is 2.32 bits per heavy atom. The average Bonchev–Trinajstić information content (AvgIpc) is 2.62. The van der Waals surface area contributed by atoms with E-state index in [1.54, 1.807) is 0 Å². The highest BCUT2D eigenvalue weighted by Gasteiger charge is 2.34. The predicted molar refractivity (Wildman–Crippen MR) is 95.8 cm³/mol. The van der Waals surface area contributed by atoms with Gasteiger partial charge in [-0.3, -0.25) is 0 Å². The summed E-state index contributed by atoms with van der Waals surface area (Å²) in [6, 6.07) is 7.21. The molecule has 6 heteroatoms. The summed E-state index contributed by atoms with van der Waals surface area (Å²) in [5.74, 6) is 1.53. The summed E-state index contributed by atoms with van der Waals surface area (Å²) in [5, 5.41) is 0. The fourth-order valence-electron chi connectivity index (χ4n) is 3.29. The van der Waals surface area contributed by atoms with Crippen LogP contribution < -0.4 is 4.74 Å². The lowest BCUT2D eigenvalue weighted by Gasteiger charge is -2.22. The number of benzene rings is 2. The van der Waals surface area contributed by atoms with Gasteiger partial charge >= 0.3 is 6.36 Å². The van der Waals surface area contributed by atoms with Gasteiger partial charge in [-0.15, -0.1) is 13.2 Å². The zero-order valence-corrected chi connectivity index (χ0v) is 15.0. The Kier molecular flexibility index (Phi) is 5.73. The minimum absolute atomic E-state index is 0.0737. The van der Waals surface area contributed by atoms with Crippen LogP contribution in [0.5, 0.6) is 5.75 Å². The molecule has 146 valence electrons. The minimum Gasteiger partial charge on any atom is -0.399 e. The number of alkyl halides is 3. The van der Waals surface area contributed by atoms with Gasteiger partial charge in [0.15, 0.2) is 11.6 Å². The van der Waals surface area contributed by atoms with Crippen LogP contribution in [0.2, 0.25) is 0 Å². The molecule has 1 atom stereocenters. The van der Waals surface area contributed by atoms with Crippen molar-refractivity contribution in [2.45, 2.75) is 32.5 Å². The molecule has 3 rings (SSSR count). The summed E-state index contributed by atoms with van der Waals surface area (Å²) >= 11 is 0. The largest absolute Gasteiger partial charge is 0.573 e. The molecular formula is C22H17F5O. The normalized spacial score (nSPS) is 16.4. The second-order valence-electron chi connectivity index (χ2n) is 6.58.